The molecule has 0 bridgehead atoms. The smallest absolute Gasteiger partial charge is 0.0693 e. The van der Waals surface area contributed by atoms with Gasteiger partial charge in [0, 0.05) is 30.0 Å². The van der Waals surface area contributed by atoms with Crippen LogP contribution in [-0.2, 0) is 13.5 Å². The Hall–Kier alpha value is -1.13. The monoisotopic (exact) mass is 293 g/mol. The van der Waals surface area contributed by atoms with E-state index >= 15 is 0 Å². The molecule has 1 aromatic heterocycles. The van der Waals surface area contributed by atoms with Gasteiger partial charge in [0.05, 0.1) is 11.4 Å². The van der Waals surface area contributed by atoms with Gasteiger partial charge in [-0.15, -0.1) is 0 Å². The Morgan fingerprint density at radius 3 is 2.82 bits per heavy atom. The van der Waals surface area contributed by atoms with Crippen molar-refractivity contribution in [2.75, 3.05) is 13.6 Å². The molecule has 0 saturated carbocycles. The lowest BCUT2D eigenvalue weighted by molar-refractivity contribution is 0.720. The molecule has 0 aliphatic rings. The standard InChI is InChI=1S/C13H16BrN3/c1-15-8-7-10-9-13(17(2)16-10)11-5-3-4-6-12(11)14/h3-6,9,15H,7-8H2,1-2H3. The normalized spacial score (nSPS) is 10.8. The van der Waals surface area contributed by atoms with Crippen LogP contribution in [0.2, 0.25) is 0 Å². The molecule has 0 amide bonds. The summed E-state index contributed by atoms with van der Waals surface area (Å²) in [5.74, 6) is 0. The number of hydrogen-bond donors (Lipinski definition) is 1. The summed E-state index contributed by atoms with van der Waals surface area (Å²) in [6, 6.07) is 10.4. The van der Waals surface area contributed by atoms with E-state index in [0.29, 0.717) is 0 Å². The molecule has 0 radical (unpaired) electrons. The van der Waals surface area contributed by atoms with Gasteiger partial charge in [0.15, 0.2) is 0 Å². The largest absolute Gasteiger partial charge is 0.319 e. The highest BCUT2D eigenvalue weighted by atomic mass is 79.9. The lowest BCUT2D eigenvalue weighted by atomic mass is 10.1. The van der Waals surface area contributed by atoms with E-state index in [0.717, 1.165) is 28.8 Å². The molecular formula is C13H16BrN3. The van der Waals surface area contributed by atoms with Crippen LogP contribution in [0.15, 0.2) is 34.8 Å². The van der Waals surface area contributed by atoms with Gasteiger partial charge in [-0.1, -0.05) is 34.1 Å². The van der Waals surface area contributed by atoms with Crippen molar-refractivity contribution in [2.45, 2.75) is 6.42 Å². The van der Waals surface area contributed by atoms with E-state index in [1.165, 1.54) is 5.56 Å². The van der Waals surface area contributed by atoms with E-state index in [9.17, 15) is 0 Å². The number of nitrogens with one attached hydrogen (secondary N) is 1. The minimum absolute atomic E-state index is 0.951. The van der Waals surface area contributed by atoms with Crippen molar-refractivity contribution >= 4 is 15.9 Å². The average Bonchev–Trinajstić information content (AvgIpc) is 2.68. The lowest BCUT2D eigenvalue weighted by Crippen LogP contribution is -2.10. The summed E-state index contributed by atoms with van der Waals surface area (Å²) < 4.78 is 3.04. The van der Waals surface area contributed by atoms with Crippen molar-refractivity contribution in [3.8, 4) is 11.3 Å². The molecule has 0 saturated heterocycles. The van der Waals surface area contributed by atoms with Gasteiger partial charge >= 0.3 is 0 Å². The van der Waals surface area contributed by atoms with E-state index in [1.807, 2.05) is 30.9 Å². The third kappa shape index (κ3) is 2.76. The number of nitrogens with zero attached hydrogens (tertiary/aromatic N) is 2. The van der Waals surface area contributed by atoms with Gasteiger partial charge in [-0.3, -0.25) is 4.68 Å². The zero-order valence-electron chi connectivity index (χ0n) is 10.1. The molecule has 17 heavy (non-hydrogen) atoms. The van der Waals surface area contributed by atoms with Crippen LogP contribution < -0.4 is 5.32 Å². The van der Waals surface area contributed by atoms with Gasteiger partial charge in [0.1, 0.15) is 0 Å². The Balaban J connectivity index is 2.33. The third-order valence-corrected chi connectivity index (χ3v) is 3.40. The number of aromatic nitrogens is 2. The van der Waals surface area contributed by atoms with Gasteiger partial charge < -0.3 is 5.32 Å². The SMILES string of the molecule is CNCCc1cc(-c2ccccc2Br)n(C)n1. The Kier molecular flexibility index (Phi) is 3.97. The molecule has 0 aliphatic carbocycles. The number of hydrogen-bond acceptors (Lipinski definition) is 2. The zero-order chi connectivity index (χ0) is 12.3. The number of likely N-dealkylation sites (N-methyl/N-ethyl adjacent to an activating group) is 1. The van der Waals surface area contributed by atoms with Crippen LogP contribution in [0.4, 0.5) is 0 Å². The van der Waals surface area contributed by atoms with E-state index in [1.54, 1.807) is 0 Å². The fourth-order valence-corrected chi connectivity index (χ4v) is 2.31. The highest BCUT2D eigenvalue weighted by Gasteiger charge is 2.09. The summed E-state index contributed by atoms with van der Waals surface area (Å²) >= 11 is 3.58. The molecule has 1 aromatic carbocycles. The van der Waals surface area contributed by atoms with Gasteiger partial charge in [-0.2, -0.15) is 5.10 Å². The first-order valence-electron chi connectivity index (χ1n) is 5.65. The van der Waals surface area contributed by atoms with E-state index in [4.69, 9.17) is 0 Å². The second kappa shape index (κ2) is 5.47. The fourth-order valence-electron chi connectivity index (χ4n) is 1.82. The number of rotatable bonds is 4. The Labute approximate surface area is 110 Å². The first-order chi connectivity index (χ1) is 8.22. The summed E-state index contributed by atoms with van der Waals surface area (Å²) in [5, 5.41) is 7.66. The molecule has 3 nitrogen and oxygen atoms in total. The lowest BCUT2D eigenvalue weighted by Gasteiger charge is -2.03. The predicted octanol–water partition coefficient (Wildman–Crippen LogP) is 2.61. The number of aryl methyl sites for hydroxylation is 1. The molecule has 2 aromatic rings. The molecule has 0 aliphatic heterocycles. The van der Waals surface area contributed by atoms with Crippen LogP contribution in [0.1, 0.15) is 5.69 Å². The van der Waals surface area contributed by atoms with Crippen molar-refractivity contribution in [3.63, 3.8) is 0 Å². The van der Waals surface area contributed by atoms with Gasteiger partial charge in [0.25, 0.3) is 0 Å². The first-order valence-corrected chi connectivity index (χ1v) is 6.44. The highest BCUT2D eigenvalue weighted by Crippen LogP contribution is 2.27. The van der Waals surface area contributed by atoms with Crippen LogP contribution >= 0.6 is 15.9 Å². The maximum absolute atomic E-state index is 4.52. The van der Waals surface area contributed by atoms with Crippen molar-refractivity contribution in [3.05, 3.63) is 40.5 Å². The van der Waals surface area contributed by atoms with Crippen molar-refractivity contribution in [2.24, 2.45) is 7.05 Å². The molecular weight excluding hydrogens is 278 g/mol. The minimum Gasteiger partial charge on any atom is -0.319 e. The minimum atomic E-state index is 0.951. The molecule has 0 fully saturated rings. The summed E-state index contributed by atoms with van der Waals surface area (Å²) in [6.45, 7) is 0.951. The number of benzene rings is 1. The Morgan fingerprint density at radius 1 is 1.35 bits per heavy atom. The topological polar surface area (TPSA) is 29.9 Å². The predicted molar refractivity (Wildman–Crippen MR) is 74.0 cm³/mol. The quantitative estimate of drug-likeness (QED) is 0.939. The maximum Gasteiger partial charge on any atom is 0.0693 e. The van der Waals surface area contributed by atoms with Crippen LogP contribution in [0, 0.1) is 0 Å². The van der Waals surface area contributed by atoms with Crippen molar-refractivity contribution in [1.82, 2.24) is 15.1 Å². The average molecular weight is 294 g/mol. The summed E-state index contributed by atoms with van der Waals surface area (Å²) in [7, 11) is 3.94. The maximum atomic E-state index is 4.52. The second-order valence-electron chi connectivity index (χ2n) is 3.98. The summed E-state index contributed by atoms with van der Waals surface area (Å²) in [4.78, 5) is 0. The number of halogens is 1. The van der Waals surface area contributed by atoms with Gasteiger partial charge in [-0.25, -0.2) is 0 Å². The molecule has 90 valence electrons. The van der Waals surface area contributed by atoms with Crippen LogP contribution in [0.25, 0.3) is 11.3 Å². The van der Waals surface area contributed by atoms with E-state index < -0.39 is 0 Å². The molecule has 1 heterocycles. The van der Waals surface area contributed by atoms with Crippen LogP contribution in [0.5, 0.6) is 0 Å². The summed E-state index contributed by atoms with van der Waals surface area (Å²) in [5.41, 5.74) is 3.44. The van der Waals surface area contributed by atoms with E-state index in [-0.39, 0.29) is 0 Å². The fraction of sp³-hybridized carbons (Fsp3) is 0.308. The van der Waals surface area contributed by atoms with E-state index in [2.05, 4.69) is 44.5 Å². The molecule has 4 heteroatoms. The molecule has 0 unspecified atom stereocenters. The van der Waals surface area contributed by atoms with Gasteiger partial charge in [0.2, 0.25) is 0 Å². The first kappa shape index (κ1) is 12.3. The van der Waals surface area contributed by atoms with Gasteiger partial charge in [-0.05, 0) is 19.2 Å². The molecule has 0 spiro atoms. The molecule has 0 atom stereocenters. The zero-order valence-corrected chi connectivity index (χ0v) is 11.7. The van der Waals surface area contributed by atoms with Crippen LogP contribution in [-0.4, -0.2) is 23.4 Å². The van der Waals surface area contributed by atoms with Crippen LogP contribution in [0.3, 0.4) is 0 Å². The molecule has 2 rings (SSSR count). The highest BCUT2D eigenvalue weighted by molar-refractivity contribution is 9.10. The molecule has 1 N–H and O–H groups in total. The summed E-state index contributed by atoms with van der Waals surface area (Å²) in [6.07, 6.45) is 0.953. The Morgan fingerprint density at radius 2 is 2.12 bits per heavy atom. The second-order valence-corrected chi connectivity index (χ2v) is 4.83. The third-order valence-electron chi connectivity index (χ3n) is 2.71. The van der Waals surface area contributed by atoms with Crippen molar-refractivity contribution in [1.29, 1.82) is 0 Å². The van der Waals surface area contributed by atoms with Crippen molar-refractivity contribution < 1.29 is 0 Å². The Bertz CT molecular complexity index is 505.